The average Bonchev–Trinajstić information content (AvgIpc) is 2.48. The second-order valence-electron chi connectivity index (χ2n) is 6.48. The van der Waals surface area contributed by atoms with Gasteiger partial charge in [0.2, 0.25) is 0 Å². The molecule has 2 aliphatic carbocycles. The van der Waals surface area contributed by atoms with Crippen LogP contribution in [0.25, 0.3) is 0 Å². The van der Waals surface area contributed by atoms with Gasteiger partial charge in [0.15, 0.2) is 10.1 Å². The van der Waals surface area contributed by atoms with Crippen molar-refractivity contribution in [2.24, 2.45) is 5.92 Å². The van der Waals surface area contributed by atoms with Gasteiger partial charge in [-0.15, -0.1) is 0 Å². The van der Waals surface area contributed by atoms with E-state index < -0.39 is 5.60 Å². The van der Waals surface area contributed by atoms with Gasteiger partial charge in [0.05, 0.1) is 12.5 Å². The molecule has 0 aromatic rings. The molecule has 0 radical (unpaired) electrons. The van der Waals surface area contributed by atoms with Crippen LogP contribution in [0, 0.1) is 5.92 Å². The van der Waals surface area contributed by atoms with Crippen LogP contribution in [0.1, 0.15) is 70.6 Å². The maximum absolute atomic E-state index is 10.2. The first kappa shape index (κ1) is 17.1. The molecular formula is C16H26O3S2. The minimum Gasteiger partial charge on any atom is -0.502 e. The van der Waals surface area contributed by atoms with Crippen LogP contribution >= 0.6 is 24.4 Å². The molecule has 0 saturated heterocycles. The number of hydrogen-bond acceptors (Lipinski definition) is 3. The minimum absolute atomic E-state index is 0.118. The fourth-order valence-corrected chi connectivity index (χ4v) is 4.36. The summed E-state index contributed by atoms with van der Waals surface area (Å²) in [4.78, 5) is 0. The van der Waals surface area contributed by atoms with E-state index in [1.165, 1.54) is 12.8 Å². The molecular weight excluding hydrogens is 304 g/mol. The molecule has 0 bridgehead atoms. The number of hydrogen-bond donors (Lipinski definition) is 2. The van der Waals surface area contributed by atoms with Crippen LogP contribution in [0.15, 0.2) is 0 Å². The molecule has 2 N–H and O–H groups in total. The van der Waals surface area contributed by atoms with E-state index in [-0.39, 0.29) is 28.5 Å². The lowest BCUT2D eigenvalue weighted by Gasteiger charge is -2.43. The second kappa shape index (κ2) is 7.84. The molecule has 0 aromatic carbocycles. The first-order valence-electron chi connectivity index (χ1n) is 8.17. The highest BCUT2D eigenvalue weighted by molar-refractivity contribution is 7.80. The number of ether oxygens (including phenoxy) is 1. The van der Waals surface area contributed by atoms with Crippen molar-refractivity contribution in [3.63, 3.8) is 0 Å². The number of rotatable bonds is 6. The highest BCUT2D eigenvalue weighted by atomic mass is 32.1. The Morgan fingerprint density at radius 3 is 1.90 bits per heavy atom. The molecule has 0 spiro atoms. The van der Waals surface area contributed by atoms with Crippen molar-refractivity contribution in [3.8, 4) is 0 Å². The predicted molar refractivity (Wildman–Crippen MR) is 92.3 cm³/mol. The minimum atomic E-state index is -0.955. The summed E-state index contributed by atoms with van der Waals surface area (Å²) in [7, 11) is 0. The third-order valence-corrected chi connectivity index (χ3v) is 5.46. The smallest absolute Gasteiger partial charge is 0.190 e. The zero-order valence-electron chi connectivity index (χ0n) is 12.6. The van der Waals surface area contributed by atoms with Crippen molar-refractivity contribution in [2.45, 2.75) is 82.3 Å². The summed E-state index contributed by atoms with van der Waals surface area (Å²) < 4.78 is 6.35. The van der Waals surface area contributed by atoms with Gasteiger partial charge < -0.3 is 14.9 Å². The van der Waals surface area contributed by atoms with Crippen LogP contribution in [0.2, 0.25) is 0 Å². The third-order valence-electron chi connectivity index (χ3n) is 4.97. The summed E-state index contributed by atoms with van der Waals surface area (Å²) in [6.07, 6.45) is 11.3. The quantitative estimate of drug-likeness (QED) is 0.684. The Bertz CT molecular complexity index is 374. The van der Waals surface area contributed by atoms with E-state index in [0.29, 0.717) is 0 Å². The van der Waals surface area contributed by atoms with Gasteiger partial charge in [-0.2, -0.15) is 0 Å². The van der Waals surface area contributed by atoms with Crippen LogP contribution in [0.4, 0.5) is 0 Å². The summed E-state index contributed by atoms with van der Waals surface area (Å²) in [6.45, 7) is 0. The Kier molecular flexibility index (Phi) is 6.38. The van der Waals surface area contributed by atoms with Crippen molar-refractivity contribution >= 4 is 34.5 Å². The molecule has 0 amide bonds. The average molecular weight is 331 g/mol. The molecule has 5 heteroatoms. The van der Waals surface area contributed by atoms with E-state index in [0.717, 1.165) is 51.4 Å². The normalized spacial score (nSPS) is 24.4. The highest BCUT2D eigenvalue weighted by Gasteiger charge is 2.47. The van der Waals surface area contributed by atoms with Crippen LogP contribution < -0.4 is 0 Å². The lowest BCUT2D eigenvalue weighted by atomic mass is 9.75. The van der Waals surface area contributed by atoms with Gasteiger partial charge in [-0.3, -0.25) is 0 Å². The summed E-state index contributed by atoms with van der Waals surface area (Å²) >= 11 is 10.1. The molecule has 21 heavy (non-hydrogen) atoms. The first-order chi connectivity index (χ1) is 10.0. The molecule has 2 fully saturated rings. The molecule has 2 rings (SSSR count). The molecule has 2 saturated carbocycles. The van der Waals surface area contributed by atoms with Crippen molar-refractivity contribution < 1.29 is 14.9 Å². The van der Waals surface area contributed by atoms with Gasteiger partial charge in [0.1, 0.15) is 5.60 Å². The summed E-state index contributed by atoms with van der Waals surface area (Å²) in [5.41, 5.74) is -0.955. The first-order valence-corrected chi connectivity index (χ1v) is 8.99. The molecule has 120 valence electrons. The Labute approximate surface area is 138 Å². The van der Waals surface area contributed by atoms with Crippen molar-refractivity contribution in [2.75, 3.05) is 0 Å². The van der Waals surface area contributed by atoms with Crippen molar-refractivity contribution in [3.05, 3.63) is 0 Å². The lowest BCUT2D eigenvalue weighted by Crippen LogP contribution is -2.52. The standard InChI is InChI=1S/C16H26O3S2/c17-14(20)11-16(15(18)21,12-7-3-1-4-8-12)19-13-9-5-2-6-10-13/h12-13H,1-11H2,(H,17,20)(H,18,21). The number of aliphatic hydroxyl groups is 2. The third kappa shape index (κ3) is 4.36. The zero-order chi connectivity index (χ0) is 15.3. The van der Waals surface area contributed by atoms with Gasteiger partial charge in [-0.05, 0) is 56.0 Å². The molecule has 1 unspecified atom stereocenters. The summed E-state index contributed by atoms with van der Waals surface area (Å²) in [6, 6.07) is 0. The van der Waals surface area contributed by atoms with Crippen LogP contribution in [-0.2, 0) is 4.74 Å². The molecule has 1 atom stereocenters. The zero-order valence-corrected chi connectivity index (χ0v) is 14.2. The molecule has 0 aromatic heterocycles. The topological polar surface area (TPSA) is 49.7 Å². The van der Waals surface area contributed by atoms with E-state index in [4.69, 9.17) is 29.2 Å². The second-order valence-corrected chi connectivity index (χ2v) is 7.34. The number of thiocarbonyl (C=S) groups is 2. The van der Waals surface area contributed by atoms with E-state index in [9.17, 15) is 10.2 Å². The SMILES string of the molecule is OC(=S)CC(OC1CCCCC1)(C(O)=S)C1CCCCC1. The maximum Gasteiger partial charge on any atom is 0.190 e. The van der Waals surface area contributed by atoms with E-state index >= 15 is 0 Å². The monoisotopic (exact) mass is 330 g/mol. The Morgan fingerprint density at radius 1 is 0.905 bits per heavy atom. The summed E-state index contributed by atoms with van der Waals surface area (Å²) in [5.74, 6) is 0.163. The fraction of sp³-hybridized carbons (Fsp3) is 0.875. The van der Waals surface area contributed by atoms with E-state index in [2.05, 4.69) is 0 Å². The van der Waals surface area contributed by atoms with E-state index in [1.54, 1.807) is 0 Å². The Hall–Kier alpha value is -0.260. The van der Waals surface area contributed by atoms with Crippen LogP contribution in [0.5, 0.6) is 0 Å². The molecule has 0 aliphatic heterocycles. The molecule has 2 aliphatic rings. The Morgan fingerprint density at radius 2 is 1.43 bits per heavy atom. The maximum atomic E-state index is 10.2. The number of aliphatic hydroxyl groups excluding tert-OH is 2. The fourth-order valence-electron chi connectivity index (χ4n) is 3.86. The van der Waals surface area contributed by atoms with Gasteiger partial charge >= 0.3 is 0 Å². The molecule has 0 heterocycles. The Balaban J connectivity index is 2.20. The van der Waals surface area contributed by atoms with Crippen LogP contribution in [0.3, 0.4) is 0 Å². The molecule has 3 nitrogen and oxygen atoms in total. The van der Waals surface area contributed by atoms with Gasteiger partial charge in [0, 0.05) is 0 Å². The van der Waals surface area contributed by atoms with Crippen LogP contribution in [-0.4, -0.2) is 32.0 Å². The van der Waals surface area contributed by atoms with Gasteiger partial charge in [-0.1, -0.05) is 38.5 Å². The van der Waals surface area contributed by atoms with Gasteiger partial charge in [-0.25, -0.2) is 0 Å². The highest BCUT2D eigenvalue weighted by Crippen LogP contribution is 2.41. The van der Waals surface area contributed by atoms with Crippen molar-refractivity contribution in [1.29, 1.82) is 0 Å². The van der Waals surface area contributed by atoms with Crippen molar-refractivity contribution in [1.82, 2.24) is 0 Å². The largest absolute Gasteiger partial charge is 0.502 e. The van der Waals surface area contributed by atoms with E-state index in [1.807, 2.05) is 0 Å². The summed E-state index contributed by atoms with van der Waals surface area (Å²) in [5, 5.41) is 19.7. The predicted octanol–water partition coefficient (Wildman–Crippen LogP) is 4.82. The lowest BCUT2D eigenvalue weighted by molar-refractivity contribution is -0.105. The van der Waals surface area contributed by atoms with Gasteiger partial charge in [0.25, 0.3) is 0 Å².